The second-order valence-electron chi connectivity index (χ2n) is 8.12. The Morgan fingerprint density at radius 2 is 1.58 bits per heavy atom. The number of rotatable bonds is 7. The van der Waals surface area contributed by atoms with E-state index in [2.05, 4.69) is 20.8 Å². The van der Waals surface area contributed by atoms with Gasteiger partial charge in [-0.2, -0.15) is 26.3 Å². The van der Waals surface area contributed by atoms with Gasteiger partial charge in [-0.1, -0.05) is 6.07 Å². The van der Waals surface area contributed by atoms with Gasteiger partial charge in [0.05, 0.1) is 16.8 Å². The van der Waals surface area contributed by atoms with Gasteiger partial charge in [0.25, 0.3) is 0 Å². The molecule has 0 saturated carbocycles. The van der Waals surface area contributed by atoms with Crippen LogP contribution in [0.3, 0.4) is 0 Å². The number of carbonyl (C=O) groups excluding carboxylic acids is 1. The predicted octanol–water partition coefficient (Wildman–Crippen LogP) is 5.90. The van der Waals surface area contributed by atoms with Gasteiger partial charge in [0.15, 0.2) is 0 Å². The van der Waals surface area contributed by atoms with Crippen molar-refractivity contribution >= 4 is 11.9 Å². The van der Waals surface area contributed by atoms with Crippen molar-refractivity contribution < 1.29 is 35.9 Å². The van der Waals surface area contributed by atoms with Crippen LogP contribution in [0.1, 0.15) is 44.7 Å². The molecule has 0 aliphatic carbocycles. The molecule has 2 aromatic rings. The van der Waals surface area contributed by atoms with Crippen molar-refractivity contribution in [2.24, 2.45) is 0 Å². The number of nitrogens with zero attached hydrogens (tertiary/aromatic N) is 2. The highest BCUT2D eigenvalue weighted by atomic mass is 19.4. The normalized spacial score (nSPS) is 12.4. The first kappa shape index (κ1) is 26.2. The summed E-state index contributed by atoms with van der Waals surface area (Å²) in [5.74, 6) is 0.291. The summed E-state index contributed by atoms with van der Waals surface area (Å²) in [5.41, 5.74) is -4.13. The Morgan fingerprint density at radius 3 is 2.12 bits per heavy atom. The minimum Gasteiger partial charge on any atom is -0.444 e. The van der Waals surface area contributed by atoms with Gasteiger partial charge < -0.3 is 15.4 Å². The van der Waals surface area contributed by atoms with Crippen molar-refractivity contribution in [3.8, 4) is 11.3 Å². The van der Waals surface area contributed by atoms with Crippen molar-refractivity contribution in [2.75, 3.05) is 18.4 Å². The zero-order valence-electron chi connectivity index (χ0n) is 18.2. The third kappa shape index (κ3) is 8.43. The smallest absolute Gasteiger partial charge is 0.417 e. The average Bonchev–Trinajstić information content (AvgIpc) is 2.68. The summed E-state index contributed by atoms with van der Waals surface area (Å²) in [4.78, 5) is 11.5. The number of amides is 1. The topological polar surface area (TPSA) is 76.1 Å². The number of unbranched alkanes of at least 4 members (excludes halogenated alkanes) is 1. The van der Waals surface area contributed by atoms with E-state index in [0.29, 0.717) is 37.8 Å². The molecule has 182 valence electrons. The van der Waals surface area contributed by atoms with Gasteiger partial charge in [-0.25, -0.2) is 4.79 Å². The Hall–Kier alpha value is -3.05. The summed E-state index contributed by atoms with van der Waals surface area (Å²) < 4.78 is 83.5. The molecule has 0 fully saturated rings. The Balaban J connectivity index is 1.93. The van der Waals surface area contributed by atoms with E-state index in [1.807, 2.05) is 0 Å². The standard InChI is InChI=1S/C21H24F6N4O2/c1-19(2,3)33-18(32)29-11-5-4-10-28-17-9-8-16(30-31-17)14-7-6-13(20(22,23)24)12-15(14)21(25,26)27/h6-9,12H,4-5,10-11H2,1-3H3,(H,28,31)(H,29,32). The maximum absolute atomic E-state index is 13.3. The summed E-state index contributed by atoms with van der Waals surface area (Å²) in [5, 5.41) is 13.1. The monoisotopic (exact) mass is 478 g/mol. The summed E-state index contributed by atoms with van der Waals surface area (Å²) in [6.45, 7) is 6.12. The molecule has 0 spiro atoms. The molecule has 6 nitrogen and oxygen atoms in total. The van der Waals surface area contributed by atoms with Crippen LogP contribution in [-0.4, -0.2) is 35.0 Å². The number of benzene rings is 1. The Morgan fingerprint density at radius 1 is 0.909 bits per heavy atom. The molecular formula is C21H24F6N4O2. The molecule has 0 aliphatic rings. The van der Waals surface area contributed by atoms with Crippen LogP contribution in [0.2, 0.25) is 0 Å². The number of alkyl halides is 6. The van der Waals surface area contributed by atoms with Crippen molar-refractivity contribution in [3.05, 3.63) is 41.5 Å². The van der Waals surface area contributed by atoms with Crippen molar-refractivity contribution in [3.63, 3.8) is 0 Å². The first-order chi connectivity index (χ1) is 15.2. The van der Waals surface area contributed by atoms with Crippen LogP contribution < -0.4 is 10.6 Å². The largest absolute Gasteiger partial charge is 0.444 e. The second kappa shape index (κ2) is 10.3. The first-order valence-electron chi connectivity index (χ1n) is 10.00. The highest BCUT2D eigenvalue weighted by Crippen LogP contribution is 2.40. The predicted molar refractivity (Wildman–Crippen MR) is 109 cm³/mol. The van der Waals surface area contributed by atoms with Gasteiger partial charge >= 0.3 is 18.4 Å². The van der Waals surface area contributed by atoms with E-state index < -0.39 is 40.7 Å². The number of hydrogen-bond acceptors (Lipinski definition) is 5. The molecule has 0 saturated heterocycles. The van der Waals surface area contributed by atoms with Crippen LogP contribution in [0.25, 0.3) is 11.3 Å². The summed E-state index contributed by atoms with van der Waals surface area (Å²) >= 11 is 0. The molecule has 1 heterocycles. The molecule has 1 aromatic heterocycles. The molecule has 0 atom stereocenters. The summed E-state index contributed by atoms with van der Waals surface area (Å²) in [6.07, 6.45) is -9.13. The van der Waals surface area contributed by atoms with Crippen LogP contribution in [0, 0.1) is 0 Å². The fraction of sp³-hybridized carbons (Fsp3) is 0.476. The molecular weight excluding hydrogens is 454 g/mol. The number of hydrogen-bond donors (Lipinski definition) is 2. The number of halogens is 6. The van der Waals surface area contributed by atoms with Gasteiger partial charge in [0.2, 0.25) is 0 Å². The Labute approximate surface area is 186 Å². The summed E-state index contributed by atoms with van der Waals surface area (Å²) in [7, 11) is 0. The maximum Gasteiger partial charge on any atom is 0.417 e. The van der Waals surface area contributed by atoms with Gasteiger partial charge in [-0.15, -0.1) is 10.2 Å². The molecule has 33 heavy (non-hydrogen) atoms. The van der Waals surface area contributed by atoms with Crippen LogP contribution in [0.15, 0.2) is 30.3 Å². The number of alkyl carbamates (subject to hydrolysis) is 1. The number of ether oxygens (including phenoxy) is 1. The van der Waals surface area contributed by atoms with Crippen LogP contribution in [-0.2, 0) is 17.1 Å². The molecule has 12 heteroatoms. The lowest BCUT2D eigenvalue weighted by Gasteiger charge is -2.19. The Kier molecular flexibility index (Phi) is 8.15. The third-order valence-corrected chi connectivity index (χ3v) is 4.17. The SMILES string of the molecule is CC(C)(C)OC(=O)NCCCCNc1ccc(-c2ccc(C(F)(F)F)cc2C(F)(F)F)nn1. The Bertz CT molecular complexity index is 938. The lowest BCUT2D eigenvalue weighted by atomic mass is 10.0. The molecule has 2 N–H and O–H groups in total. The van der Waals surface area contributed by atoms with Crippen molar-refractivity contribution in [1.82, 2.24) is 15.5 Å². The fourth-order valence-corrected chi connectivity index (χ4v) is 2.72. The minimum absolute atomic E-state index is 0.0640. The van der Waals surface area contributed by atoms with E-state index in [-0.39, 0.29) is 11.8 Å². The summed E-state index contributed by atoms with van der Waals surface area (Å²) in [6, 6.07) is 4.01. The van der Waals surface area contributed by atoms with Gasteiger partial charge in [0.1, 0.15) is 11.4 Å². The van der Waals surface area contributed by atoms with E-state index in [1.54, 1.807) is 20.8 Å². The minimum atomic E-state index is -5.00. The van der Waals surface area contributed by atoms with E-state index in [4.69, 9.17) is 4.74 Å². The van der Waals surface area contributed by atoms with Crippen molar-refractivity contribution in [2.45, 2.75) is 51.6 Å². The zero-order chi connectivity index (χ0) is 24.9. The van der Waals surface area contributed by atoms with Crippen LogP contribution >= 0.6 is 0 Å². The maximum atomic E-state index is 13.3. The molecule has 0 bridgehead atoms. The van der Waals surface area contributed by atoms with E-state index >= 15 is 0 Å². The average molecular weight is 478 g/mol. The van der Waals surface area contributed by atoms with Gasteiger partial charge in [-0.05, 0) is 57.9 Å². The lowest BCUT2D eigenvalue weighted by Crippen LogP contribution is -2.33. The van der Waals surface area contributed by atoms with Gasteiger partial charge in [0, 0.05) is 18.7 Å². The second-order valence-corrected chi connectivity index (χ2v) is 8.12. The third-order valence-electron chi connectivity index (χ3n) is 4.17. The highest BCUT2D eigenvalue weighted by molar-refractivity contribution is 5.67. The van der Waals surface area contributed by atoms with Crippen LogP contribution in [0.5, 0.6) is 0 Å². The van der Waals surface area contributed by atoms with E-state index in [9.17, 15) is 31.1 Å². The molecule has 1 amide bonds. The molecule has 1 aromatic carbocycles. The van der Waals surface area contributed by atoms with Gasteiger partial charge in [-0.3, -0.25) is 0 Å². The molecule has 0 unspecified atom stereocenters. The number of nitrogens with one attached hydrogen (secondary N) is 2. The first-order valence-corrected chi connectivity index (χ1v) is 10.00. The zero-order valence-corrected chi connectivity index (χ0v) is 18.2. The number of aromatic nitrogens is 2. The van der Waals surface area contributed by atoms with E-state index in [1.165, 1.54) is 12.1 Å². The van der Waals surface area contributed by atoms with E-state index in [0.717, 1.165) is 6.07 Å². The lowest BCUT2D eigenvalue weighted by molar-refractivity contribution is -0.142. The molecule has 0 radical (unpaired) electrons. The number of carbonyl (C=O) groups is 1. The highest BCUT2D eigenvalue weighted by Gasteiger charge is 2.38. The molecule has 0 aliphatic heterocycles. The quantitative estimate of drug-likeness (QED) is 0.383. The fourth-order valence-electron chi connectivity index (χ4n) is 2.72. The van der Waals surface area contributed by atoms with Crippen LogP contribution in [0.4, 0.5) is 37.0 Å². The van der Waals surface area contributed by atoms with Crippen molar-refractivity contribution in [1.29, 1.82) is 0 Å². The number of anilines is 1. The molecule has 2 rings (SSSR count).